The summed E-state index contributed by atoms with van der Waals surface area (Å²) in [5.41, 5.74) is 2.19. The van der Waals surface area contributed by atoms with Crippen LogP contribution in [0.3, 0.4) is 0 Å². The zero-order chi connectivity index (χ0) is 21.4. The quantitative estimate of drug-likeness (QED) is 0.758. The number of carbonyl (C=O) groups excluding carboxylic acids is 2. The topological polar surface area (TPSA) is 66.4 Å². The number of hydrogen-bond acceptors (Lipinski definition) is 4. The van der Waals surface area contributed by atoms with Gasteiger partial charge in [-0.1, -0.05) is 32.0 Å². The van der Waals surface area contributed by atoms with Gasteiger partial charge in [0.25, 0.3) is 0 Å². The molecule has 158 valence electrons. The lowest BCUT2D eigenvalue weighted by atomic mass is 10.1. The van der Waals surface area contributed by atoms with E-state index in [-0.39, 0.29) is 36.0 Å². The molecule has 2 aliphatic rings. The van der Waals surface area contributed by atoms with Crippen LogP contribution in [0.1, 0.15) is 55.4 Å². The van der Waals surface area contributed by atoms with E-state index in [1.165, 1.54) is 6.07 Å². The second kappa shape index (κ2) is 8.13. The van der Waals surface area contributed by atoms with Crippen LogP contribution in [-0.2, 0) is 22.4 Å². The van der Waals surface area contributed by atoms with E-state index in [2.05, 4.69) is 4.98 Å². The van der Waals surface area contributed by atoms with Crippen molar-refractivity contribution in [1.29, 1.82) is 0 Å². The first kappa shape index (κ1) is 20.4. The highest BCUT2D eigenvalue weighted by atomic mass is 19.1. The van der Waals surface area contributed by atoms with Crippen molar-refractivity contribution in [1.82, 2.24) is 14.9 Å². The van der Waals surface area contributed by atoms with E-state index >= 15 is 0 Å². The summed E-state index contributed by atoms with van der Waals surface area (Å²) in [6.07, 6.45) is 2.41. The fourth-order valence-electron chi connectivity index (χ4n) is 4.34. The number of fused-ring (bicyclic) bond motifs is 1. The van der Waals surface area contributed by atoms with Crippen LogP contribution in [0.5, 0.6) is 0 Å². The lowest BCUT2D eigenvalue weighted by Gasteiger charge is -2.26. The van der Waals surface area contributed by atoms with E-state index in [1.54, 1.807) is 23.1 Å². The molecule has 7 heteroatoms. The number of carbonyl (C=O) groups is 2. The first-order valence-electron chi connectivity index (χ1n) is 10.6. The van der Waals surface area contributed by atoms with Gasteiger partial charge in [0.1, 0.15) is 11.6 Å². The minimum absolute atomic E-state index is 0.0441. The van der Waals surface area contributed by atoms with Gasteiger partial charge in [-0.3, -0.25) is 14.5 Å². The monoisotopic (exact) mass is 410 g/mol. The van der Waals surface area contributed by atoms with Gasteiger partial charge < -0.3 is 4.90 Å². The largest absolute Gasteiger partial charge is 0.332 e. The number of amides is 2. The zero-order valence-corrected chi connectivity index (χ0v) is 17.7. The number of hydrogen-bond donors (Lipinski definition) is 0. The Morgan fingerprint density at radius 2 is 2.03 bits per heavy atom. The second-order valence-electron chi connectivity index (χ2n) is 8.38. The van der Waals surface area contributed by atoms with Crippen molar-refractivity contribution in [2.75, 3.05) is 18.0 Å². The van der Waals surface area contributed by atoms with E-state index in [9.17, 15) is 14.0 Å². The number of likely N-dealkylation sites (tertiary alicyclic amines) is 1. The molecule has 1 unspecified atom stereocenters. The molecule has 1 aromatic heterocycles. The Labute approximate surface area is 176 Å². The maximum absolute atomic E-state index is 14.0. The molecule has 1 fully saturated rings. The predicted octanol–water partition coefficient (Wildman–Crippen LogP) is 3.38. The summed E-state index contributed by atoms with van der Waals surface area (Å²) in [4.78, 5) is 38.3. The highest BCUT2D eigenvalue weighted by Crippen LogP contribution is 2.35. The van der Waals surface area contributed by atoms with Gasteiger partial charge in [-0.25, -0.2) is 14.4 Å². The average molecular weight is 410 g/mol. The maximum Gasteiger partial charge on any atom is 0.232 e. The van der Waals surface area contributed by atoms with Crippen molar-refractivity contribution < 1.29 is 14.0 Å². The number of halogens is 1. The molecule has 2 aliphatic heterocycles. The smallest absolute Gasteiger partial charge is 0.232 e. The molecular weight excluding hydrogens is 383 g/mol. The zero-order valence-electron chi connectivity index (χ0n) is 17.7. The van der Waals surface area contributed by atoms with Crippen molar-refractivity contribution in [3.8, 4) is 0 Å². The Hall–Kier alpha value is -2.83. The Balaban J connectivity index is 1.62. The molecule has 0 bridgehead atoms. The van der Waals surface area contributed by atoms with Gasteiger partial charge >= 0.3 is 0 Å². The minimum atomic E-state index is -0.266. The molecule has 0 radical (unpaired) electrons. The van der Waals surface area contributed by atoms with Gasteiger partial charge in [-0.2, -0.15) is 0 Å². The van der Waals surface area contributed by atoms with Gasteiger partial charge in [0.05, 0.1) is 12.5 Å². The molecule has 1 atom stereocenters. The highest BCUT2D eigenvalue weighted by Gasteiger charge is 2.36. The SMILES string of the molecule is Cc1nc(C2CCCN2C(=O)C(C)C)nc2c1CC(=O)N2CCc1ccccc1F. The summed E-state index contributed by atoms with van der Waals surface area (Å²) >= 11 is 0. The molecule has 4 rings (SSSR count). The Morgan fingerprint density at radius 1 is 1.27 bits per heavy atom. The molecule has 0 aliphatic carbocycles. The van der Waals surface area contributed by atoms with E-state index in [0.29, 0.717) is 36.7 Å². The van der Waals surface area contributed by atoms with Gasteiger partial charge in [0.15, 0.2) is 5.82 Å². The second-order valence-corrected chi connectivity index (χ2v) is 8.38. The minimum Gasteiger partial charge on any atom is -0.332 e. The maximum atomic E-state index is 14.0. The van der Waals surface area contributed by atoms with Crippen LogP contribution in [0.4, 0.5) is 10.2 Å². The van der Waals surface area contributed by atoms with E-state index in [4.69, 9.17) is 4.98 Å². The van der Waals surface area contributed by atoms with Crippen LogP contribution in [0.15, 0.2) is 24.3 Å². The van der Waals surface area contributed by atoms with Gasteiger partial charge in [0, 0.05) is 30.3 Å². The Morgan fingerprint density at radius 3 is 2.77 bits per heavy atom. The van der Waals surface area contributed by atoms with Crippen molar-refractivity contribution in [2.24, 2.45) is 5.92 Å². The van der Waals surface area contributed by atoms with Crippen LogP contribution in [0, 0.1) is 18.7 Å². The highest BCUT2D eigenvalue weighted by molar-refractivity contribution is 6.00. The number of benzene rings is 1. The van der Waals surface area contributed by atoms with Gasteiger partial charge in [0.2, 0.25) is 11.8 Å². The number of aryl methyl sites for hydroxylation is 1. The normalized spacial score (nSPS) is 18.4. The molecular formula is C23H27FN4O2. The molecule has 3 heterocycles. The van der Waals surface area contributed by atoms with Crippen LogP contribution >= 0.6 is 0 Å². The summed E-state index contributed by atoms with van der Waals surface area (Å²) in [7, 11) is 0. The molecule has 0 saturated carbocycles. The fourth-order valence-corrected chi connectivity index (χ4v) is 4.34. The summed E-state index contributed by atoms with van der Waals surface area (Å²) in [5, 5.41) is 0. The fraction of sp³-hybridized carbons (Fsp3) is 0.478. The molecule has 0 N–H and O–H groups in total. The number of anilines is 1. The van der Waals surface area contributed by atoms with E-state index < -0.39 is 0 Å². The third kappa shape index (κ3) is 3.68. The lowest BCUT2D eigenvalue weighted by molar-refractivity contribution is -0.135. The predicted molar refractivity (Wildman–Crippen MR) is 111 cm³/mol. The molecule has 30 heavy (non-hydrogen) atoms. The number of rotatable bonds is 5. The average Bonchev–Trinajstić information content (AvgIpc) is 3.31. The molecule has 2 amide bonds. The van der Waals surface area contributed by atoms with Crippen molar-refractivity contribution in [3.05, 3.63) is 52.7 Å². The Kier molecular flexibility index (Phi) is 5.54. The first-order valence-corrected chi connectivity index (χ1v) is 10.6. The van der Waals surface area contributed by atoms with Gasteiger partial charge in [-0.05, 0) is 37.8 Å². The van der Waals surface area contributed by atoms with Crippen molar-refractivity contribution >= 4 is 17.6 Å². The molecule has 1 aromatic carbocycles. The first-order chi connectivity index (χ1) is 14.4. The summed E-state index contributed by atoms with van der Waals surface area (Å²) in [5.74, 6) is 0.924. The van der Waals surface area contributed by atoms with Crippen molar-refractivity contribution in [2.45, 2.75) is 52.5 Å². The standard InChI is InChI=1S/C23H27FN4O2/c1-14(2)23(30)27-11-6-9-19(27)21-25-15(3)17-13-20(29)28(22(17)26-21)12-10-16-7-4-5-8-18(16)24/h4-5,7-8,14,19H,6,9-13H2,1-3H3. The third-order valence-electron chi connectivity index (χ3n) is 5.98. The number of nitrogens with zero attached hydrogens (tertiary/aromatic N) is 4. The Bertz CT molecular complexity index is 991. The van der Waals surface area contributed by atoms with Crippen LogP contribution in [0.25, 0.3) is 0 Å². The third-order valence-corrected chi connectivity index (χ3v) is 5.98. The molecule has 2 aromatic rings. The molecule has 6 nitrogen and oxygen atoms in total. The lowest BCUT2D eigenvalue weighted by Crippen LogP contribution is -2.35. The van der Waals surface area contributed by atoms with E-state index in [1.807, 2.05) is 25.7 Å². The molecule has 0 spiro atoms. The van der Waals surface area contributed by atoms with Crippen LogP contribution in [-0.4, -0.2) is 39.8 Å². The van der Waals surface area contributed by atoms with Crippen molar-refractivity contribution in [3.63, 3.8) is 0 Å². The number of aromatic nitrogens is 2. The van der Waals surface area contributed by atoms with E-state index in [0.717, 1.165) is 24.1 Å². The van der Waals surface area contributed by atoms with Crippen LogP contribution in [0.2, 0.25) is 0 Å². The van der Waals surface area contributed by atoms with Gasteiger partial charge in [-0.15, -0.1) is 0 Å². The molecule has 1 saturated heterocycles. The summed E-state index contributed by atoms with van der Waals surface area (Å²) in [6.45, 7) is 6.76. The summed E-state index contributed by atoms with van der Waals surface area (Å²) < 4.78 is 14.0. The van der Waals surface area contributed by atoms with Crippen LogP contribution < -0.4 is 4.90 Å². The summed E-state index contributed by atoms with van der Waals surface area (Å²) in [6, 6.07) is 6.46.